The third-order valence-corrected chi connectivity index (χ3v) is 1.02. The van der Waals surface area contributed by atoms with Crippen molar-refractivity contribution in [3.63, 3.8) is 0 Å². The van der Waals surface area contributed by atoms with Crippen molar-refractivity contribution in [3.8, 4) is 0 Å². The highest BCUT2D eigenvalue weighted by atomic mass is 16.4. The predicted octanol–water partition coefficient (Wildman–Crippen LogP) is -0.106. The molecule has 4 nitrogen and oxygen atoms in total. The number of rotatable bonds is 4. The van der Waals surface area contributed by atoms with Gasteiger partial charge in [0.25, 0.3) is 0 Å². The number of amides is 1. The average Bonchev–Trinajstić information content (AvgIpc) is 1.86. The van der Waals surface area contributed by atoms with Crippen molar-refractivity contribution in [1.82, 2.24) is 5.32 Å². The molecule has 0 aliphatic rings. The number of nitrogens with one attached hydrogen (secondary N) is 1. The summed E-state index contributed by atoms with van der Waals surface area (Å²) in [5.41, 5.74) is 0. The maximum Gasteiger partial charge on any atom is 0.326 e. The first-order valence-electron chi connectivity index (χ1n) is 2.97. The molecule has 0 aromatic carbocycles. The normalized spacial score (nSPS) is 11.6. The fourth-order valence-corrected chi connectivity index (χ4v) is 0.560. The molecule has 0 saturated carbocycles. The number of carbonyl (C=O) groups is 2. The zero-order valence-electron chi connectivity index (χ0n) is 5.91. The fraction of sp³-hybridized carbons (Fsp3) is 0.333. The lowest BCUT2D eigenvalue weighted by Gasteiger charge is -2.09. The van der Waals surface area contributed by atoms with Gasteiger partial charge >= 0.3 is 5.97 Å². The van der Waals surface area contributed by atoms with Crippen LogP contribution in [-0.2, 0) is 4.79 Å². The third-order valence-electron chi connectivity index (χ3n) is 1.02. The van der Waals surface area contributed by atoms with Crippen molar-refractivity contribution < 1.29 is 14.7 Å². The van der Waals surface area contributed by atoms with Gasteiger partial charge in [-0.2, -0.15) is 0 Å². The molecule has 0 unspecified atom stereocenters. The van der Waals surface area contributed by atoms with Crippen LogP contribution in [0.5, 0.6) is 0 Å². The Labute approximate surface area is 65.7 Å². The van der Waals surface area contributed by atoms with Crippen molar-refractivity contribution in [1.29, 1.82) is 0 Å². The monoisotopic (exact) mass is 153 g/mol. The Morgan fingerprint density at radius 2 is 2.27 bits per heavy atom. The Bertz CT molecular complexity index is 181. The molecule has 0 aliphatic carbocycles. The summed E-state index contributed by atoms with van der Waals surface area (Å²) in [6.07, 6.45) is 1.56. The van der Waals surface area contributed by atoms with Crippen molar-refractivity contribution in [2.24, 2.45) is 0 Å². The van der Waals surface area contributed by atoms with Gasteiger partial charge in [0, 0.05) is 0 Å². The van der Waals surface area contributed by atoms with Gasteiger partial charge in [0.15, 0.2) is 5.81 Å². The van der Waals surface area contributed by atoms with Gasteiger partial charge in [-0.25, -0.2) is 4.79 Å². The molecular weight excluding hydrogens is 145 g/mol. The van der Waals surface area contributed by atoms with E-state index >= 15 is 0 Å². The summed E-state index contributed by atoms with van der Waals surface area (Å²) in [5, 5.41) is 10.5. The van der Waals surface area contributed by atoms with E-state index in [4.69, 9.17) is 13.0 Å². The second-order valence-electron chi connectivity index (χ2n) is 1.92. The fourth-order valence-electron chi connectivity index (χ4n) is 0.560. The van der Waals surface area contributed by atoms with Gasteiger partial charge in [0.2, 0.25) is 7.85 Å². The van der Waals surface area contributed by atoms with Gasteiger partial charge in [-0.3, -0.25) is 4.79 Å². The second-order valence-corrected chi connectivity index (χ2v) is 1.92. The van der Waals surface area contributed by atoms with E-state index in [1.807, 2.05) is 5.32 Å². The Hall–Kier alpha value is -1.26. The Balaban J connectivity index is 3.99. The SMILES string of the molecule is [B]C(=O)N[C@@H](CC=C)C(=O)O. The molecule has 2 N–H and O–H groups in total. The number of aliphatic carboxylic acids is 1. The maximum absolute atomic E-state index is 10.3. The van der Waals surface area contributed by atoms with Crippen LogP contribution in [0.3, 0.4) is 0 Å². The van der Waals surface area contributed by atoms with Gasteiger partial charge < -0.3 is 10.4 Å². The molecule has 0 aromatic heterocycles. The van der Waals surface area contributed by atoms with E-state index in [0.717, 1.165) is 0 Å². The van der Waals surface area contributed by atoms with Crippen LogP contribution in [0.2, 0.25) is 0 Å². The summed E-state index contributed by atoms with van der Waals surface area (Å²) in [7, 11) is 4.71. The molecule has 0 bridgehead atoms. The van der Waals surface area contributed by atoms with Crippen LogP contribution in [0.1, 0.15) is 6.42 Å². The van der Waals surface area contributed by atoms with Crippen LogP contribution < -0.4 is 5.32 Å². The molecule has 11 heavy (non-hydrogen) atoms. The van der Waals surface area contributed by atoms with Crippen LogP contribution in [0.25, 0.3) is 0 Å². The lowest BCUT2D eigenvalue weighted by Crippen LogP contribution is -2.39. The van der Waals surface area contributed by atoms with Crippen LogP contribution in [0.15, 0.2) is 12.7 Å². The molecule has 0 rings (SSSR count). The second kappa shape index (κ2) is 4.54. The van der Waals surface area contributed by atoms with Gasteiger partial charge in [0.1, 0.15) is 6.04 Å². The van der Waals surface area contributed by atoms with E-state index in [-0.39, 0.29) is 6.42 Å². The lowest BCUT2D eigenvalue weighted by molar-refractivity contribution is -0.139. The topological polar surface area (TPSA) is 66.4 Å². The molecule has 2 radical (unpaired) electrons. The highest BCUT2D eigenvalue weighted by Crippen LogP contribution is 1.92. The maximum atomic E-state index is 10.3. The van der Waals surface area contributed by atoms with E-state index in [2.05, 4.69) is 6.58 Å². The average molecular weight is 153 g/mol. The Morgan fingerprint density at radius 1 is 1.73 bits per heavy atom. The lowest BCUT2D eigenvalue weighted by atomic mass is 10.1. The smallest absolute Gasteiger partial charge is 0.326 e. The zero-order valence-corrected chi connectivity index (χ0v) is 5.91. The first-order chi connectivity index (χ1) is 5.07. The minimum absolute atomic E-state index is 0.165. The standard InChI is InChI=1S/C6H8BNO3/c1-2-3-4(5(9)10)8-6(7)11/h2,4H,1,3H2,(H,8,11)(H,9,10)/t4-/m0/s1. The van der Waals surface area contributed by atoms with Gasteiger partial charge in [-0.15, -0.1) is 6.58 Å². The Kier molecular flexibility index (Phi) is 4.03. The molecule has 58 valence electrons. The van der Waals surface area contributed by atoms with E-state index < -0.39 is 17.8 Å². The van der Waals surface area contributed by atoms with Crippen LogP contribution in [-0.4, -0.2) is 30.8 Å². The molecule has 1 amide bonds. The molecule has 0 spiro atoms. The van der Waals surface area contributed by atoms with Crippen LogP contribution >= 0.6 is 0 Å². The molecule has 1 atom stereocenters. The summed E-state index contributed by atoms with van der Waals surface area (Å²) >= 11 is 0. The van der Waals surface area contributed by atoms with Gasteiger partial charge in [0.05, 0.1) is 0 Å². The quantitative estimate of drug-likeness (QED) is 0.437. The summed E-state index contributed by atoms with van der Waals surface area (Å²) in [6.45, 7) is 3.33. The number of hydrogen-bond acceptors (Lipinski definition) is 2. The first kappa shape index (κ1) is 9.74. The van der Waals surface area contributed by atoms with Crippen LogP contribution in [0.4, 0.5) is 4.79 Å². The van der Waals surface area contributed by atoms with E-state index in [0.29, 0.717) is 0 Å². The molecule has 0 aromatic rings. The number of carboxylic acids is 1. The largest absolute Gasteiger partial charge is 0.480 e. The van der Waals surface area contributed by atoms with Gasteiger partial charge in [-0.1, -0.05) is 6.08 Å². The molecule has 5 heteroatoms. The number of carbonyl (C=O) groups excluding carboxylic acids is 1. The van der Waals surface area contributed by atoms with Crippen molar-refractivity contribution in [3.05, 3.63) is 12.7 Å². The highest BCUT2D eigenvalue weighted by molar-refractivity contribution is 6.57. The molecule has 0 heterocycles. The molecule has 0 fully saturated rings. The summed E-state index contributed by atoms with van der Waals surface area (Å²) in [6, 6.07) is -0.968. The number of carboxylic acid groups (broad SMARTS) is 1. The molecule has 0 saturated heterocycles. The molecular formula is C6H8BNO3. The van der Waals surface area contributed by atoms with Crippen molar-refractivity contribution >= 4 is 19.6 Å². The predicted molar refractivity (Wildman–Crippen MR) is 40.5 cm³/mol. The van der Waals surface area contributed by atoms with Crippen molar-refractivity contribution in [2.45, 2.75) is 12.5 Å². The van der Waals surface area contributed by atoms with Gasteiger partial charge in [-0.05, 0) is 6.42 Å². The zero-order chi connectivity index (χ0) is 8.85. The Morgan fingerprint density at radius 3 is 2.55 bits per heavy atom. The molecule has 0 aliphatic heterocycles. The third kappa shape index (κ3) is 4.19. The van der Waals surface area contributed by atoms with Crippen LogP contribution in [0, 0.1) is 0 Å². The van der Waals surface area contributed by atoms with Crippen molar-refractivity contribution in [2.75, 3.05) is 0 Å². The summed E-state index contributed by atoms with van der Waals surface area (Å²) < 4.78 is 0. The first-order valence-corrected chi connectivity index (χ1v) is 2.97. The summed E-state index contributed by atoms with van der Waals surface area (Å²) in [4.78, 5) is 20.5. The summed E-state index contributed by atoms with van der Waals surface area (Å²) in [5.74, 6) is -1.97. The van der Waals surface area contributed by atoms with E-state index in [1.165, 1.54) is 6.08 Å². The number of hydrogen-bond donors (Lipinski definition) is 2. The minimum Gasteiger partial charge on any atom is -0.480 e. The van der Waals surface area contributed by atoms with E-state index in [9.17, 15) is 9.59 Å². The van der Waals surface area contributed by atoms with E-state index in [1.54, 1.807) is 0 Å². The highest BCUT2D eigenvalue weighted by Gasteiger charge is 2.15. The minimum atomic E-state index is -1.12.